The summed E-state index contributed by atoms with van der Waals surface area (Å²) in [6.45, 7) is 1.48. The van der Waals surface area contributed by atoms with Crippen LogP contribution in [0.1, 0.15) is 27.8 Å². The maximum Gasteiger partial charge on any atom is 0.276 e. The molecule has 0 atom stereocenters. The molecule has 1 amide bonds. The van der Waals surface area contributed by atoms with Crippen molar-refractivity contribution in [3.63, 3.8) is 0 Å². The molecule has 0 aliphatic rings. The van der Waals surface area contributed by atoms with Gasteiger partial charge < -0.3 is 9.73 Å². The third kappa shape index (κ3) is 2.80. The second kappa shape index (κ2) is 5.69. The van der Waals surface area contributed by atoms with Gasteiger partial charge in [-0.05, 0) is 31.2 Å². The Hall–Kier alpha value is -3.15. The number of nitrogens with zero attached hydrogens (tertiary/aromatic N) is 1. The van der Waals surface area contributed by atoms with Gasteiger partial charge in [-0.15, -0.1) is 0 Å². The largest absolute Gasteiger partial charge is 0.463 e. The molecule has 6 nitrogen and oxygen atoms in total. The van der Waals surface area contributed by atoms with Gasteiger partial charge in [0.15, 0.2) is 17.2 Å². The van der Waals surface area contributed by atoms with Crippen molar-refractivity contribution in [1.82, 2.24) is 10.2 Å². The fourth-order valence-corrected chi connectivity index (χ4v) is 2.01. The molecule has 2 N–H and O–H groups in total. The quantitative estimate of drug-likeness (QED) is 0.724. The highest BCUT2D eigenvalue weighted by atomic mass is 16.3. The van der Waals surface area contributed by atoms with Gasteiger partial charge in [0.05, 0.1) is 6.26 Å². The van der Waals surface area contributed by atoms with Crippen molar-refractivity contribution in [1.29, 1.82) is 0 Å². The van der Waals surface area contributed by atoms with Crippen molar-refractivity contribution in [3.05, 3.63) is 60.0 Å². The Morgan fingerprint density at radius 1 is 1.18 bits per heavy atom. The van der Waals surface area contributed by atoms with Gasteiger partial charge in [-0.3, -0.25) is 14.7 Å². The Morgan fingerprint density at radius 3 is 2.77 bits per heavy atom. The van der Waals surface area contributed by atoms with Crippen molar-refractivity contribution >= 4 is 17.4 Å². The first-order valence-corrected chi connectivity index (χ1v) is 6.65. The molecule has 0 unspecified atom stereocenters. The number of hydrogen-bond acceptors (Lipinski definition) is 4. The van der Waals surface area contributed by atoms with Crippen molar-refractivity contribution in [2.24, 2.45) is 0 Å². The minimum Gasteiger partial charge on any atom is -0.463 e. The standard InChI is InChI=1S/C16H13N3O3/c1-10(20)11-4-2-5-12(8-11)17-16(21)14-9-13(18-19-14)15-6-3-7-22-15/h2-9H,1H3,(H,17,21)(H,18,19). The Labute approximate surface area is 126 Å². The SMILES string of the molecule is CC(=O)c1cccc(NC(=O)c2cc(-c3ccco3)[nH]n2)c1. The maximum atomic E-state index is 12.2. The first kappa shape index (κ1) is 13.8. The van der Waals surface area contributed by atoms with Gasteiger partial charge in [-0.1, -0.05) is 12.1 Å². The van der Waals surface area contributed by atoms with E-state index in [0.29, 0.717) is 22.7 Å². The molecule has 1 aromatic carbocycles. The molecule has 2 heterocycles. The summed E-state index contributed by atoms with van der Waals surface area (Å²) >= 11 is 0. The third-order valence-electron chi connectivity index (χ3n) is 3.12. The van der Waals surface area contributed by atoms with Gasteiger partial charge in [-0.2, -0.15) is 5.10 Å². The second-order valence-corrected chi connectivity index (χ2v) is 4.74. The van der Waals surface area contributed by atoms with Crippen LogP contribution < -0.4 is 5.32 Å². The molecular formula is C16H13N3O3. The Bertz CT molecular complexity index is 819. The number of benzene rings is 1. The van der Waals surface area contributed by atoms with Crippen LogP contribution in [0.4, 0.5) is 5.69 Å². The highest BCUT2D eigenvalue weighted by Gasteiger charge is 2.13. The van der Waals surface area contributed by atoms with Crippen LogP contribution in [-0.4, -0.2) is 21.9 Å². The summed E-state index contributed by atoms with van der Waals surface area (Å²) in [6, 6.07) is 11.9. The molecule has 0 saturated carbocycles. The minimum absolute atomic E-state index is 0.0593. The molecule has 0 spiro atoms. The molecule has 0 radical (unpaired) electrons. The predicted molar refractivity (Wildman–Crippen MR) is 80.7 cm³/mol. The lowest BCUT2D eigenvalue weighted by Gasteiger charge is -2.04. The van der Waals surface area contributed by atoms with Crippen molar-refractivity contribution < 1.29 is 14.0 Å². The van der Waals surface area contributed by atoms with Crippen molar-refractivity contribution in [2.45, 2.75) is 6.92 Å². The van der Waals surface area contributed by atoms with Gasteiger partial charge in [0.2, 0.25) is 0 Å². The van der Waals surface area contributed by atoms with Gasteiger partial charge in [0.1, 0.15) is 5.69 Å². The number of rotatable bonds is 4. The van der Waals surface area contributed by atoms with E-state index in [9.17, 15) is 9.59 Å². The fourth-order valence-electron chi connectivity index (χ4n) is 2.01. The molecular weight excluding hydrogens is 282 g/mol. The van der Waals surface area contributed by atoms with Crippen LogP contribution in [0, 0.1) is 0 Å². The molecule has 110 valence electrons. The average Bonchev–Trinajstić information content (AvgIpc) is 3.18. The zero-order valence-corrected chi connectivity index (χ0v) is 11.8. The Kier molecular flexibility index (Phi) is 3.57. The monoisotopic (exact) mass is 295 g/mol. The molecule has 0 fully saturated rings. The van der Waals surface area contributed by atoms with Gasteiger partial charge in [-0.25, -0.2) is 0 Å². The van der Waals surface area contributed by atoms with E-state index in [1.54, 1.807) is 48.7 Å². The molecule has 0 aliphatic carbocycles. The number of carbonyl (C=O) groups excluding carboxylic acids is 2. The number of Topliss-reactive ketones (excluding diaryl/α,β-unsaturated/α-hetero) is 1. The topological polar surface area (TPSA) is 88.0 Å². The van der Waals surface area contributed by atoms with E-state index in [4.69, 9.17) is 4.42 Å². The second-order valence-electron chi connectivity index (χ2n) is 4.74. The summed E-state index contributed by atoms with van der Waals surface area (Å²) in [5.74, 6) is 0.177. The zero-order chi connectivity index (χ0) is 15.5. The number of aromatic amines is 1. The molecule has 0 aliphatic heterocycles. The summed E-state index contributed by atoms with van der Waals surface area (Å²) in [5, 5.41) is 9.42. The van der Waals surface area contributed by atoms with E-state index in [2.05, 4.69) is 15.5 Å². The number of carbonyl (C=O) groups is 2. The minimum atomic E-state index is -0.366. The summed E-state index contributed by atoms with van der Waals surface area (Å²) < 4.78 is 5.23. The Balaban J connectivity index is 1.77. The molecule has 0 bridgehead atoms. The molecule has 0 saturated heterocycles. The van der Waals surface area contributed by atoms with E-state index in [1.807, 2.05) is 0 Å². The van der Waals surface area contributed by atoms with Crippen LogP contribution >= 0.6 is 0 Å². The van der Waals surface area contributed by atoms with E-state index in [-0.39, 0.29) is 17.4 Å². The molecule has 3 rings (SSSR count). The van der Waals surface area contributed by atoms with Crippen LogP contribution in [0.25, 0.3) is 11.5 Å². The number of aromatic nitrogens is 2. The summed E-state index contributed by atoms with van der Waals surface area (Å²) in [6.07, 6.45) is 1.54. The number of nitrogens with one attached hydrogen (secondary N) is 2. The predicted octanol–water partition coefficient (Wildman–Crippen LogP) is 3.12. The fraction of sp³-hybridized carbons (Fsp3) is 0.0625. The molecule has 6 heteroatoms. The van der Waals surface area contributed by atoms with Crippen LogP contribution in [-0.2, 0) is 0 Å². The van der Waals surface area contributed by atoms with Crippen LogP contribution in [0.5, 0.6) is 0 Å². The Morgan fingerprint density at radius 2 is 2.05 bits per heavy atom. The van der Waals surface area contributed by atoms with E-state index in [0.717, 1.165) is 0 Å². The normalized spacial score (nSPS) is 10.4. The molecule has 3 aromatic rings. The average molecular weight is 295 g/mol. The van der Waals surface area contributed by atoms with Crippen LogP contribution in [0.2, 0.25) is 0 Å². The van der Waals surface area contributed by atoms with E-state index < -0.39 is 0 Å². The van der Waals surface area contributed by atoms with E-state index in [1.165, 1.54) is 6.92 Å². The molecule has 2 aromatic heterocycles. The van der Waals surface area contributed by atoms with Crippen molar-refractivity contribution in [2.75, 3.05) is 5.32 Å². The lowest BCUT2D eigenvalue weighted by molar-refractivity contribution is 0.100. The van der Waals surface area contributed by atoms with Gasteiger partial charge >= 0.3 is 0 Å². The summed E-state index contributed by atoms with van der Waals surface area (Å²) in [7, 11) is 0. The number of H-pyrrole nitrogens is 1. The smallest absolute Gasteiger partial charge is 0.276 e. The van der Waals surface area contributed by atoms with Crippen LogP contribution in [0.3, 0.4) is 0 Å². The highest BCUT2D eigenvalue weighted by Crippen LogP contribution is 2.18. The first-order chi connectivity index (χ1) is 10.6. The maximum absolute atomic E-state index is 12.2. The van der Waals surface area contributed by atoms with Gasteiger partial charge in [0, 0.05) is 17.3 Å². The highest BCUT2D eigenvalue weighted by molar-refractivity contribution is 6.04. The molecule has 22 heavy (non-hydrogen) atoms. The summed E-state index contributed by atoms with van der Waals surface area (Å²) in [4.78, 5) is 23.5. The summed E-state index contributed by atoms with van der Waals surface area (Å²) in [5.41, 5.74) is 1.93. The van der Waals surface area contributed by atoms with Crippen molar-refractivity contribution in [3.8, 4) is 11.5 Å². The lowest BCUT2D eigenvalue weighted by atomic mass is 10.1. The number of furan rings is 1. The lowest BCUT2D eigenvalue weighted by Crippen LogP contribution is -2.12. The first-order valence-electron chi connectivity index (χ1n) is 6.65. The number of hydrogen-bond donors (Lipinski definition) is 2. The van der Waals surface area contributed by atoms with E-state index >= 15 is 0 Å². The van der Waals surface area contributed by atoms with Crippen LogP contribution in [0.15, 0.2) is 53.1 Å². The zero-order valence-electron chi connectivity index (χ0n) is 11.8. The number of amides is 1. The number of anilines is 1. The number of ketones is 1. The van der Waals surface area contributed by atoms with Gasteiger partial charge in [0.25, 0.3) is 5.91 Å². The third-order valence-corrected chi connectivity index (χ3v) is 3.12.